The summed E-state index contributed by atoms with van der Waals surface area (Å²) in [7, 11) is 0. The molecule has 1 aromatic carbocycles. The van der Waals surface area contributed by atoms with Crippen LogP contribution in [0.5, 0.6) is 0 Å². The summed E-state index contributed by atoms with van der Waals surface area (Å²) in [5.74, 6) is 0. The average Bonchev–Trinajstić information content (AvgIpc) is 2.14. The molecule has 82 valence electrons. The molecular weight excluding hydrogens is 180 g/mol. The molecule has 0 nitrogen and oxygen atoms in total. The van der Waals surface area contributed by atoms with Crippen molar-refractivity contribution in [1.82, 2.24) is 0 Å². The van der Waals surface area contributed by atoms with Crippen LogP contribution in [0.3, 0.4) is 0 Å². The Morgan fingerprint density at radius 3 is 2.13 bits per heavy atom. The Labute approximate surface area is 94.0 Å². The molecule has 15 heavy (non-hydrogen) atoms. The minimum atomic E-state index is 0.381. The maximum atomic E-state index is 2.34. The highest BCUT2D eigenvalue weighted by molar-refractivity contribution is 5.63. The van der Waals surface area contributed by atoms with E-state index in [-0.39, 0.29) is 0 Å². The van der Waals surface area contributed by atoms with Crippen LogP contribution in [0.2, 0.25) is 0 Å². The Bertz CT molecular complexity index is 333. The van der Waals surface area contributed by atoms with Gasteiger partial charge in [-0.3, -0.25) is 0 Å². The Morgan fingerprint density at radius 2 is 1.67 bits per heavy atom. The van der Waals surface area contributed by atoms with Crippen LogP contribution in [0.25, 0.3) is 5.57 Å². The van der Waals surface area contributed by atoms with Crippen molar-refractivity contribution in [3.63, 3.8) is 0 Å². The van der Waals surface area contributed by atoms with Crippen molar-refractivity contribution in [2.45, 2.75) is 41.0 Å². The van der Waals surface area contributed by atoms with Gasteiger partial charge in [-0.25, -0.2) is 0 Å². The van der Waals surface area contributed by atoms with Gasteiger partial charge in [0.1, 0.15) is 0 Å². The number of hydrogen-bond acceptors (Lipinski definition) is 0. The van der Waals surface area contributed by atoms with Crippen molar-refractivity contribution >= 4 is 5.57 Å². The molecule has 0 saturated heterocycles. The normalized spacial score (nSPS) is 13.0. The lowest BCUT2D eigenvalue weighted by molar-refractivity contribution is 0.421. The Hall–Kier alpha value is -1.04. The van der Waals surface area contributed by atoms with Crippen LogP contribution in [0.4, 0.5) is 0 Å². The monoisotopic (exact) mass is 202 g/mol. The predicted octanol–water partition coefficient (Wildman–Crippen LogP) is 4.83. The maximum absolute atomic E-state index is 2.34. The summed E-state index contributed by atoms with van der Waals surface area (Å²) in [5.41, 5.74) is 4.42. The number of benzene rings is 1. The molecule has 0 heterocycles. The SMILES string of the molecule is C/C(=C\CC(C)(C)C)c1ccc(C)cc1. The smallest absolute Gasteiger partial charge is 0.0230 e. The molecule has 0 aromatic heterocycles. The second kappa shape index (κ2) is 4.65. The third-order valence-electron chi connectivity index (χ3n) is 2.53. The number of hydrogen-bond donors (Lipinski definition) is 0. The highest BCUT2D eigenvalue weighted by atomic mass is 14.1. The molecule has 0 fully saturated rings. The summed E-state index contributed by atoms with van der Waals surface area (Å²) in [6.07, 6.45) is 3.47. The fourth-order valence-electron chi connectivity index (χ4n) is 1.39. The number of allylic oxidation sites excluding steroid dienone is 2. The molecule has 0 bridgehead atoms. The highest BCUT2D eigenvalue weighted by Crippen LogP contribution is 2.23. The molecule has 0 aliphatic heterocycles. The Morgan fingerprint density at radius 1 is 1.13 bits per heavy atom. The van der Waals surface area contributed by atoms with Crippen molar-refractivity contribution in [3.05, 3.63) is 41.5 Å². The van der Waals surface area contributed by atoms with E-state index in [0.717, 1.165) is 6.42 Å². The first-order chi connectivity index (χ1) is 6.88. The summed E-state index contributed by atoms with van der Waals surface area (Å²) in [5, 5.41) is 0. The van der Waals surface area contributed by atoms with E-state index in [9.17, 15) is 0 Å². The molecule has 0 heteroatoms. The fourth-order valence-corrected chi connectivity index (χ4v) is 1.39. The topological polar surface area (TPSA) is 0 Å². The third kappa shape index (κ3) is 4.33. The summed E-state index contributed by atoms with van der Waals surface area (Å²) in [6.45, 7) is 11.1. The van der Waals surface area contributed by atoms with Gasteiger partial charge in [-0.1, -0.05) is 56.7 Å². The fraction of sp³-hybridized carbons (Fsp3) is 0.467. The number of aryl methyl sites for hydroxylation is 1. The van der Waals surface area contributed by atoms with E-state index in [4.69, 9.17) is 0 Å². The van der Waals surface area contributed by atoms with Gasteiger partial charge in [0.2, 0.25) is 0 Å². The third-order valence-corrected chi connectivity index (χ3v) is 2.53. The van der Waals surface area contributed by atoms with Gasteiger partial charge in [-0.05, 0) is 36.8 Å². The zero-order valence-electron chi connectivity index (χ0n) is 10.6. The van der Waals surface area contributed by atoms with Gasteiger partial charge in [0.15, 0.2) is 0 Å². The first-order valence-corrected chi connectivity index (χ1v) is 5.62. The first-order valence-electron chi connectivity index (χ1n) is 5.62. The van der Waals surface area contributed by atoms with Crippen LogP contribution in [0, 0.1) is 12.3 Å². The van der Waals surface area contributed by atoms with Crippen LogP contribution >= 0.6 is 0 Å². The van der Waals surface area contributed by atoms with Crippen LogP contribution in [0.1, 0.15) is 45.2 Å². The molecule has 0 aliphatic rings. The summed E-state index contributed by atoms with van der Waals surface area (Å²) in [6, 6.07) is 8.74. The van der Waals surface area contributed by atoms with Gasteiger partial charge < -0.3 is 0 Å². The molecule has 0 aliphatic carbocycles. The first kappa shape index (κ1) is 12.0. The second-order valence-corrected chi connectivity index (χ2v) is 5.52. The van der Waals surface area contributed by atoms with E-state index in [1.54, 1.807) is 0 Å². The van der Waals surface area contributed by atoms with Crippen molar-refractivity contribution in [2.75, 3.05) is 0 Å². The van der Waals surface area contributed by atoms with Gasteiger partial charge in [0.05, 0.1) is 0 Å². The van der Waals surface area contributed by atoms with Crippen molar-refractivity contribution in [3.8, 4) is 0 Å². The van der Waals surface area contributed by atoms with Crippen LogP contribution in [-0.2, 0) is 0 Å². The van der Waals surface area contributed by atoms with Crippen molar-refractivity contribution < 1.29 is 0 Å². The lowest BCUT2D eigenvalue weighted by atomic mass is 9.90. The molecule has 0 unspecified atom stereocenters. The van der Waals surface area contributed by atoms with E-state index in [1.807, 2.05) is 0 Å². The molecule has 0 N–H and O–H groups in total. The summed E-state index contributed by atoms with van der Waals surface area (Å²) < 4.78 is 0. The van der Waals surface area contributed by atoms with E-state index in [2.05, 4.69) is 65.0 Å². The largest absolute Gasteiger partial charge is 0.0805 e. The quantitative estimate of drug-likeness (QED) is 0.644. The summed E-state index contributed by atoms with van der Waals surface area (Å²) >= 11 is 0. The average molecular weight is 202 g/mol. The standard InChI is InChI=1S/C15H22/c1-12-6-8-14(9-7-12)13(2)10-11-15(3,4)5/h6-10H,11H2,1-5H3/b13-10+. The number of rotatable bonds is 2. The maximum Gasteiger partial charge on any atom is -0.0230 e. The molecule has 0 spiro atoms. The minimum Gasteiger partial charge on any atom is -0.0805 e. The highest BCUT2D eigenvalue weighted by Gasteiger charge is 2.07. The van der Waals surface area contributed by atoms with E-state index in [1.165, 1.54) is 16.7 Å². The molecule has 1 rings (SSSR count). The van der Waals surface area contributed by atoms with Gasteiger partial charge in [-0.2, -0.15) is 0 Å². The van der Waals surface area contributed by atoms with Gasteiger partial charge in [-0.15, -0.1) is 0 Å². The second-order valence-electron chi connectivity index (χ2n) is 5.52. The molecule has 0 saturated carbocycles. The Kier molecular flexibility index (Phi) is 3.73. The van der Waals surface area contributed by atoms with Crippen LogP contribution < -0.4 is 0 Å². The Balaban J connectivity index is 2.76. The molecule has 0 atom stereocenters. The zero-order chi connectivity index (χ0) is 11.5. The van der Waals surface area contributed by atoms with Gasteiger partial charge in [0, 0.05) is 0 Å². The molecule has 0 radical (unpaired) electrons. The predicted molar refractivity (Wildman–Crippen MR) is 68.9 cm³/mol. The van der Waals surface area contributed by atoms with Crippen molar-refractivity contribution in [2.24, 2.45) is 5.41 Å². The minimum absolute atomic E-state index is 0.381. The lowest BCUT2D eigenvalue weighted by Gasteiger charge is -2.15. The molecule has 0 amide bonds. The zero-order valence-corrected chi connectivity index (χ0v) is 10.6. The lowest BCUT2D eigenvalue weighted by Crippen LogP contribution is -2.02. The van der Waals surface area contributed by atoms with Crippen LogP contribution in [0.15, 0.2) is 30.3 Å². The molecular formula is C15H22. The van der Waals surface area contributed by atoms with E-state index in [0.29, 0.717) is 5.41 Å². The summed E-state index contributed by atoms with van der Waals surface area (Å²) in [4.78, 5) is 0. The van der Waals surface area contributed by atoms with E-state index < -0.39 is 0 Å². The molecule has 1 aromatic rings. The van der Waals surface area contributed by atoms with Crippen LogP contribution in [-0.4, -0.2) is 0 Å². The van der Waals surface area contributed by atoms with Gasteiger partial charge >= 0.3 is 0 Å². The van der Waals surface area contributed by atoms with Gasteiger partial charge in [0.25, 0.3) is 0 Å². The van der Waals surface area contributed by atoms with E-state index >= 15 is 0 Å². The van der Waals surface area contributed by atoms with Crippen molar-refractivity contribution in [1.29, 1.82) is 0 Å².